The normalized spacial score (nSPS) is 10.9. The topological polar surface area (TPSA) is 102 Å². The molecule has 0 fully saturated rings. The summed E-state index contributed by atoms with van der Waals surface area (Å²) in [5.74, 6) is -0.668. The Morgan fingerprint density at radius 3 is 2.42 bits per heavy atom. The lowest BCUT2D eigenvalue weighted by Gasteiger charge is -2.25. The first-order valence-corrected chi connectivity index (χ1v) is 7.51. The maximum Gasteiger partial charge on any atom is 0.311 e. The molecule has 0 bridgehead atoms. The number of hydrogen-bond acceptors (Lipinski definition) is 5. The summed E-state index contributed by atoms with van der Waals surface area (Å²) in [5, 5.41) is 13.8. The van der Waals surface area contributed by atoms with Crippen LogP contribution in [0.15, 0.2) is 18.2 Å². The lowest BCUT2D eigenvalue weighted by atomic mass is 10.1. The second-order valence-electron chi connectivity index (χ2n) is 6.26. The molecule has 8 nitrogen and oxygen atoms in total. The molecule has 0 aliphatic heterocycles. The summed E-state index contributed by atoms with van der Waals surface area (Å²) in [4.78, 5) is 36.3. The molecule has 0 saturated carbocycles. The molecule has 2 amide bonds. The summed E-state index contributed by atoms with van der Waals surface area (Å²) in [6.45, 7) is 7.45. The van der Waals surface area contributed by atoms with Crippen molar-refractivity contribution in [3.8, 4) is 5.75 Å². The van der Waals surface area contributed by atoms with Gasteiger partial charge in [-0.1, -0.05) is 0 Å². The van der Waals surface area contributed by atoms with E-state index in [9.17, 15) is 19.7 Å². The van der Waals surface area contributed by atoms with Crippen molar-refractivity contribution in [1.82, 2.24) is 10.2 Å². The number of methoxy groups -OCH3 is 1. The van der Waals surface area contributed by atoms with Crippen LogP contribution in [0.25, 0.3) is 0 Å². The van der Waals surface area contributed by atoms with Gasteiger partial charge in [0.25, 0.3) is 5.91 Å². The van der Waals surface area contributed by atoms with Crippen LogP contribution in [0, 0.1) is 10.1 Å². The van der Waals surface area contributed by atoms with Gasteiger partial charge in [0.05, 0.1) is 18.6 Å². The van der Waals surface area contributed by atoms with Gasteiger partial charge >= 0.3 is 5.69 Å². The minimum atomic E-state index is -0.613. The van der Waals surface area contributed by atoms with E-state index in [1.165, 1.54) is 24.1 Å². The van der Waals surface area contributed by atoms with Gasteiger partial charge in [-0.2, -0.15) is 0 Å². The highest BCUT2D eigenvalue weighted by molar-refractivity contribution is 5.97. The minimum Gasteiger partial charge on any atom is -0.490 e. The van der Waals surface area contributed by atoms with Gasteiger partial charge in [-0.15, -0.1) is 0 Å². The van der Waals surface area contributed by atoms with Crippen LogP contribution in [-0.2, 0) is 4.79 Å². The number of benzene rings is 1. The molecule has 0 atom stereocenters. The van der Waals surface area contributed by atoms with Crippen LogP contribution in [0.4, 0.5) is 5.69 Å². The number of carbonyl (C=O) groups is 2. The van der Waals surface area contributed by atoms with Crippen molar-refractivity contribution in [2.75, 3.05) is 20.2 Å². The third kappa shape index (κ3) is 5.22. The molecule has 24 heavy (non-hydrogen) atoms. The highest BCUT2D eigenvalue weighted by Gasteiger charge is 2.23. The van der Waals surface area contributed by atoms with Gasteiger partial charge < -0.3 is 15.0 Å². The fourth-order valence-electron chi connectivity index (χ4n) is 2.11. The molecule has 8 heteroatoms. The summed E-state index contributed by atoms with van der Waals surface area (Å²) >= 11 is 0. The number of nitro groups is 1. The van der Waals surface area contributed by atoms with Gasteiger partial charge in [0.2, 0.25) is 5.91 Å². The lowest BCUT2D eigenvalue weighted by Crippen LogP contribution is -2.47. The molecule has 1 aromatic carbocycles. The molecule has 0 saturated heterocycles. The van der Waals surface area contributed by atoms with E-state index in [2.05, 4.69) is 5.32 Å². The van der Waals surface area contributed by atoms with Crippen molar-refractivity contribution in [3.05, 3.63) is 33.9 Å². The third-order valence-corrected chi connectivity index (χ3v) is 3.14. The van der Waals surface area contributed by atoms with Crippen molar-refractivity contribution in [1.29, 1.82) is 0 Å². The second kappa shape index (κ2) is 7.76. The molecule has 132 valence electrons. The van der Waals surface area contributed by atoms with Gasteiger partial charge in [0.1, 0.15) is 0 Å². The second-order valence-corrected chi connectivity index (χ2v) is 6.26. The van der Waals surface area contributed by atoms with Crippen LogP contribution < -0.4 is 10.1 Å². The van der Waals surface area contributed by atoms with Crippen LogP contribution in [0.2, 0.25) is 0 Å². The number of likely N-dealkylation sites (N-methyl/N-ethyl adjacent to an activating group) is 1. The van der Waals surface area contributed by atoms with E-state index in [1.54, 1.807) is 6.92 Å². The Hall–Kier alpha value is -2.64. The molecule has 0 spiro atoms. The number of nitrogens with zero attached hydrogens (tertiary/aromatic N) is 2. The van der Waals surface area contributed by atoms with Crippen LogP contribution in [0.1, 0.15) is 38.1 Å². The van der Waals surface area contributed by atoms with Crippen molar-refractivity contribution >= 4 is 17.5 Å². The zero-order chi connectivity index (χ0) is 18.5. The van der Waals surface area contributed by atoms with Crippen molar-refractivity contribution < 1.29 is 19.2 Å². The van der Waals surface area contributed by atoms with Crippen LogP contribution >= 0.6 is 0 Å². The Kier molecular flexibility index (Phi) is 6.27. The van der Waals surface area contributed by atoms with E-state index < -0.39 is 16.4 Å². The SMILES string of the molecule is CCN(CC(=O)NC(C)(C)C)C(=O)c1ccc(OC)c([N+](=O)[O-])c1. The van der Waals surface area contributed by atoms with Gasteiger partial charge in [0.15, 0.2) is 5.75 Å². The molecule has 0 aliphatic carbocycles. The first-order chi connectivity index (χ1) is 11.1. The highest BCUT2D eigenvalue weighted by atomic mass is 16.6. The van der Waals surface area contributed by atoms with Crippen LogP contribution in [0.3, 0.4) is 0 Å². The number of nitro benzene ring substituents is 1. The first-order valence-electron chi connectivity index (χ1n) is 7.51. The number of hydrogen-bond donors (Lipinski definition) is 1. The number of rotatable bonds is 6. The summed E-state index contributed by atoms with van der Waals surface area (Å²) in [6, 6.07) is 3.97. The number of ether oxygens (including phenoxy) is 1. The summed E-state index contributed by atoms with van der Waals surface area (Å²) in [5.41, 5.74) is -0.565. The molecular formula is C16H23N3O5. The number of nitrogens with one attached hydrogen (secondary N) is 1. The summed E-state index contributed by atoms with van der Waals surface area (Å²) in [6.07, 6.45) is 0. The Balaban J connectivity index is 2.99. The maximum absolute atomic E-state index is 12.5. The maximum atomic E-state index is 12.5. The number of carbonyl (C=O) groups excluding carboxylic acids is 2. The molecule has 0 radical (unpaired) electrons. The van der Waals surface area contributed by atoms with Gasteiger partial charge in [-0.25, -0.2) is 0 Å². The largest absolute Gasteiger partial charge is 0.490 e. The summed E-state index contributed by atoms with van der Waals surface area (Å²) < 4.78 is 4.92. The minimum absolute atomic E-state index is 0.0741. The Morgan fingerprint density at radius 2 is 1.96 bits per heavy atom. The van der Waals surface area contributed by atoms with Gasteiger partial charge in [-0.05, 0) is 39.8 Å². The lowest BCUT2D eigenvalue weighted by molar-refractivity contribution is -0.385. The molecule has 0 unspecified atom stereocenters. The first kappa shape index (κ1) is 19.4. The smallest absolute Gasteiger partial charge is 0.311 e. The van der Waals surface area contributed by atoms with E-state index in [4.69, 9.17) is 4.74 Å². The number of amides is 2. The van der Waals surface area contributed by atoms with Crippen molar-refractivity contribution in [3.63, 3.8) is 0 Å². The fourth-order valence-corrected chi connectivity index (χ4v) is 2.11. The predicted octanol–water partition coefficient (Wildman–Crippen LogP) is 1.98. The fraction of sp³-hybridized carbons (Fsp3) is 0.500. The third-order valence-electron chi connectivity index (χ3n) is 3.14. The van der Waals surface area contributed by atoms with E-state index in [1.807, 2.05) is 20.8 Å². The van der Waals surface area contributed by atoms with E-state index in [0.29, 0.717) is 6.54 Å². The Morgan fingerprint density at radius 1 is 1.33 bits per heavy atom. The van der Waals surface area contributed by atoms with Crippen LogP contribution in [-0.4, -0.2) is 47.4 Å². The van der Waals surface area contributed by atoms with Crippen molar-refractivity contribution in [2.24, 2.45) is 0 Å². The zero-order valence-electron chi connectivity index (χ0n) is 14.6. The van der Waals surface area contributed by atoms with Gasteiger partial charge in [0, 0.05) is 23.7 Å². The van der Waals surface area contributed by atoms with Crippen molar-refractivity contribution in [2.45, 2.75) is 33.2 Å². The molecule has 0 aliphatic rings. The quantitative estimate of drug-likeness (QED) is 0.632. The highest BCUT2D eigenvalue weighted by Crippen LogP contribution is 2.28. The zero-order valence-corrected chi connectivity index (χ0v) is 14.6. The van der Waals surface area contributed by atoms with Crippen LogP contribution in [0.5, 0.6) is 5.75 Å². The van der Waals surface area contributed by atoms with E-state index in [-0.39, 0.29) is 29.5 Å². The molecule has 0 aromatic heterocycles. The van der Waals surface area contributed by atoms with E-state index in [0.717, 1.165) is 6.07 Å². The standard InChI is InChI=1S/C16H23N3O5/c1-6-18(10-14(20)17-16(2,3)4)15(21)11-7-8-13(24-5)12(9-11)19(22)23/h7-9H,6,10H2,1-5H3,(H,17,20). The predicted molar refractivity (Wildman–Crippen MR) is 89.1 cm³/mol. The van der Waals surface area contributed by atoms with Gasteiger partial charge in [-0.3, -0.25) is 19.7 Å². The summed E-state index contributed by atoms with van der Waals surface area (Å²) in [7, 11) is 1.32. The Bertz CT molecular complexity index is 637. The average molecular weight is 337 g/mol. The molecule has 1 rings (SSSR count). The average Bonchev–Trinajstić information content (AvgIpc) is 2.49. The Labute approximate surface area is 140 Å². The molecule has 1 aromatic rings. The molecule has 0 heterocycles. The monoisotopic (exact) mass is 337 g/mol. The molecular weight excluding hydrogens is 314 g/mol. The van der Waals surface area contributed by atoms with E-state index >= 15 is 0 Å². The molecule has 1 N–H and O–H groups in total.